The van der Waals surface area contributed by atoms with Crippen molar-refractivity contribution in [2.24, 2.45) is 29.1 Å². The van der Waals surface area contributed by atoms with E-state index < -0.39 is 5.41 Å². The van der Waals surface area contributed by atoms with Crippen molar-refractivity contribution in [2.75, 3.05) is 53.4 Å². The molecule has 12 nitrogen and oxygen atoms in total. The molecule has 216 valence electrons. The molecule has 0 bridgehead atoms. The highest BCUT2D eigenvalue weighted by Crippen LogP contribution is 2.20. The van der Waals surface area contributed by atoms with Gasteiger partial charge >= 0.3 is 0 Å². The average Bonchev–Trinajstić information content (AvgIpc) is 2.83. The van der Waals surface area contributed by atoms with Crippen molar-refractivity contribution in [2.45, 2.75) is 55.4 Å². The van der Waals surface area contributed by atoms with Gasteiger partial charge in [-0.05, 0) is 0 Å². The van der Waals surface area contributed by atoms with Crippen LogP contribution in [0.3, 0.4) is 0 Å². The van der Waals surface area contributed by atoms with Gasteiger partial charge in [0.05, 0.1) is 31.8 Å². The van der Waals surface area contributed by atoms with E-state index in [0.29, 0.717) is 0 Å². The first-order valence-electron chi connectivity index (χ1n) is 12.7. The molecule has 0 fully saturated rings. The highest BCUT2D eigenvalue weighted by molar-refractivity contribution is 5.78. The quantitative estimate of drug-likeness (QED) is 0.134. The van der Waals surface area contributed by atoms with Crippen LogP contribution in [0.4, 0.5) is 0 Å². The molecular weight excluding hydrogens is 484 g/mol. The van der Waals surface area contributed by atoms with Crippen LogP contribution >= 0.6 is 0 Å². The predicted octanol–water partition coefficient (Wildman–Crippen LogP) is 0.958. The van der Waals surface area contributed by atoms with Gasteiger partial charge in [0.2, 0.25) is 23.6 Å². The molecule has 0 aliphatic heterocycles. The Bertz CT molecular complexity index is 581. The van der Waals surface area contributed by atoms with Crippen molar-refractivity contribution < 1.29 is 38.1 Å². The molecule has 4 amide bonds. The third kappa shape index (κ3) is 16.2. The second-order valence-corrected chi connectivity index (χ2v) is 10.3. The first-order chi connectivity index (χ1) is 17.3. The van der Waals surface area contributed by atoms with E-state index in [1.54, 1.807) is 55.4 Å². The van der Waals surface area contributed by atoms with E-state index in [2.05, 4.69) is 21.3 Å². The summed E-state index contributed by atoms with van der Waals surface area (Å²) in [5.41, 5.74) is -0.879. The van der Waals surface area contributed by atoms with Crippen LogP contribution < -0.4 is 21.3 Å². The second kappa shape index (κ2) is 18.9. The van der Waals surface area contributed by atoms with Crippen molar-refractivity contribution in [3.63, 3.8) is 0 Å². The lowest BCUT2D eigenvalue weighted by Crippen LogP contribution is -2.46. The van der Waals surface area contributed by atoms with Crippen molar-refractivity contribution in [1.82, 2.24) is 21.3 Å². The summed E-state index contributed by atoms with van der Waals surface area (Å²) in [6, 6.07) is 0. The lowest BCUT2D eigenvalue weighted by atomic mass is 9.92. The number of amides is 4. The van der Waals surface area contributed by atoms with Crippen LogP contribution in [0.1, 0.15) is 55.4 Å². The fourth-order valence-corrected chi connectivity index (χ4v) is 2.63. The number of hydrogen-bond donors (Lipinski definition) is 4. The summed E-state index contributed by atoms with van der Waals surface area (Å²) in [5.74, 6) is -1.39. The van der Waals surface area contributed by atoms with Gasteiger partial charge in [0.15, 0.2) is 0 Å². The Labute approximate surface area is 221 Å². The Balaban J connectivity index is 5.31. The monoisotopic (exact) mass is 532 g/mol. The third-order valence-electron chi connectivity index (χ3n) is 5.12. The van der Waals surface area contributed by atoms with Crippen LogP contribution in [-0.2, 0) is 38.1 Å². The van der Waals surface area contributed by atoms with E-state index in [9.17, 15) is 19.2 Å². The molecule has 0 aromatic rings. The molecule has 0 aromatic carbocycles. The Morgan fingerprint density at radius 1 is 0.459 bits per heavy atom. The lowest BCUT2D eigenvalue weighted by molar-refractivity contribution is -0.135. The van der Waals surface area contributed by atoms with Crippen LogP contribution in [0.15, 0.2) is 0 Å². The molecule has 4 N–H and O–H groups in total. The number of carbonyl (C=O) groups is 4. The summed E-state index contributed by atoms with van der Waals surface area (Å²) in [6.07, 6.45) is 0. The van der Waals surface area contributed by atoms with Gasteiger partial charge in [-0.15, -0.1) is 0 Å². The van der Waals surface area contributed by atoms with E-state index in [-0.39, 0.29) is 101 Å². The van der Waals surface area contributed by atoms with Gasteiger partial charge in [-0.3, -0.25) is 19.2 Å². The van der Waals surface area contributed by atoms with Gasteiger partial charge in [0.25, 0.3) is 0 Å². The maximum absolute atomic E-state index is 11.9. The van der Waals surface area contributed by atoms with Gasteiger partial charge in [0.1, 0.15) is 26.9 Å². The topological polar surface area (TPSA) is 153 Å². The highest BCUT2D eigenvalue weighted by Gasteiger charge is 2.33. The summed E-state index contributed by atoms with van der Waals surface area (Å²) in [5, 5.41) is 10.7. The maximum Gasteiger partial charge on any atom is 0.224 e. The molecular formula is C25H48N4O8. The smallest absolute Gasteiger partial charge is 0.224 e. The largest absolute Gasteiger partial charge is 0.360 e. The molecule has 37 heavy (non-hydrogen) atoms. The van der Waals surface area contributed by atoms with Crippen LogP contribution in [0.25, 0.3) is 0 Å². The first-order valence-corrected chi connectivity index (χ1v) is 12.7. The summed E-state index contributed by atoms with van der Waals surface area (Å²) in [4.78, 5) is 47.5. The normalized spacial score (nSPS) is 11.8. The fraction of sp³-hybridized carbons (Fsp3) is 0.840. The van der Waals surface area contributed by atoms with Crippen LogP contribution in [-0.4, -0.2) is 77.0 Å². The predicted molar refractivity (Wildman–Crippen MR) is 138 cm³/mol. The minimum absolute atomic E-state index is 0.0307. The molecule has 0 aliphatic carbocycles. The lowest BCUT2D eigenvalue weighted by Gasteiger charge is -2.33. The van der Waals surface area contributed by atoms with Gasteiger partial charge in [-0.2, -0.15) is 0 Å². The van der Waals surface area contributed by atoms with Crippen molar-refractivity contribution in [1.29, 1.82) is 0 Å². The van der Waals surface area contributed by atoms with Crippen LogP contribution in [0.2, 0.25) is 0 Å². The molecule has 12 heteroatoms. The van der Waals surface area contributed by atoms with Crippen molar-refractivity contribution in [3.8, 4) is 0 Å². The minimum Gasteiger partial charge on any atom is -0.360 e. The molecule has 0 aliphatic rings. The number of rotatable bonds is 20. The maximum atomic E-state index is 11.9. The molecule has 0 aromatic heterocycles. The van der Waals surface area contributed by atoms with Gasteiger partial charge in [0, 0.05) is 23.7 Å². The van der Waals surface area contributed by atoms with E-state index in [1.807, 2.05) is 0 Å². The Morgan fingerprint density at radius 2 is 0.649 bits per heavy atom. The Kier molecular flexibility index (Phi) is 17.7. The molecule has 0 atom stereocenters. The Hall–Kier alpha value is -2.28. The van der Waals surface area contributed by atoms with Crippen molar-refractivity contribution in [3.05, 3.63) is 0 Å². The van der Waals surface area contributed by atoms with Crippen LogP contribution in [0.5, 0.6) is 0 Å². The molecule has 0 spiro atoms. The number of nitrogens with one attached hydrogen (secondary N) is 4. The molecule has 0 heterocycles. The SMILES string of the molecule is CC(C)C(=O)NCOCC(COCNC(=O)C(C)C)(COCNC(=O)C(C)C)COCNC(=O)C(C)C. The minimum atomic E-state index is -0.879. The zero-order valence-corrected chi connectivity index (χ0v) is 23.7. The average molecular weight is 533 g/mol. The number of ether oxygens (including phenoxy) is 4. The first kappa shape index (κ1) is 34.7. The summed E-state index contributed by atoms with van der Waals surface area (Å²) in [6.45, 7) is 14.4. The molecule has 0 unspecified atom stereocenters. The van der Waals surface area contributed by atoms with E-state index in [1.165, 1.54) is 0 Å². The van der Waals surface area contributed by atoms with Gasteiger partial charge in [-0.25, -0.2) is 0 Å². The summed E-state index contributed by atoms with van der Waals surface area (Å²) >= 11 is 0. The van der Waals surface area contributed by atoms with Crippen molar-refractivity contribution >= 4 is 23.6 Å². The summed E-state index contributed by atoms with van der Waals surface area (Å²) < 4.78 is 22.9. The molecule has 0 radical (unpaired) electrons. The second-order valence-electron chi connectivity index (χ2n) is 10.3. The van der Waals surface area contributed by atoms with Gasteiger partial charge < -0.3 is 40.2 Å². The third-order valence-corrected chi connectivity index (χ3v) is 5.12. The number of hydrogen-bond acceptors (Lipinski definition) is 8. The zero-order chi connectivity index (χ0) is 28.4. The fourth-order valence-electron chi connectivity index (χ4n) is 2.63. The highest BCUT2D eigenvalue weighted by atomic mass is 16.5. The van der Waals surface area contributed by atoms with Gasteiger partial charge in [-0.1, -0.05) is 55.4 Å². The molecule has 0 rings (SSSR count). The van der Waals surface area contributed by atoms with E-state index >= 15 is 0 Å². The summed E-state index contributed by atoms with van der Waals surface area (Å²) in [7, 11) is 0. The van der Waals surface area contributed by atoms with Crippen LogP contribution in [0, 0.1) is 29.1 Å². The Morgan fingerprint density at radius 3 is 0.811 bits per heavy atom. The molecule has 0 saturated heterocycles. The number of carbonyl (C=O) groups excluding carboxylic acids is 4. The molecule has 0 saturated carbocycles. The van der Waals surface area contributed by atoms with E-state index in [0.717, 1.165) is 0 Å². The van der Waals surface area contributed by atoms with E-state index in [4.69, 9.17) is 18.9 Å². The standard InChI is InChI=1S/C25H48N4O8/c1-17(2)21(30)26-13-34-9-25(10-35-14-27-22(31)18(3)4,11-36-15-28-23(32)19(5)6)12-37-16-29-24(33)20(7)8/h17-20H,9-16H2,1-8H3,(H,26,30)(H,27,31)(H,28,32)(H,29,33). The zero-order valence-electron chi connectivity index (χ0n) is 23.7.